The molecular weight excluding hydrogens is 196 g/mol. The van der Waals surface area contributed by atoms with Gasteiger partial charge in [0.2, 0.25) is 0 Å². The third-order valence-electron chi connectivity index (χ3n) is 2.95. The first kappa shape index (κ1) is 12.8. The van der Waals surface area contributed by atoms with E-state index in [1.54, 1.807) is 6.26 Å². The molecule has 1 unspecified atom stereocenters. The Morgan fingerprint density at radius 3 is 2.75 bits per heavy atom. The molecule has 1 atom stereocenters. The zero-order valence-corrected chi connectivity index (χ0v) is 10.6. The van der Waals surface area contributed by atoms with Gasteiger partial charge in [0.25, 0.3) is 0 Å². The van der Waals surface area contributed by atoms with Crippen LogP contribution < -0.4 is 0 Å². The molecule has 0 aliphatic rings. The average Bonchev–Trinajstić information content (AvgIpc) is 2.69. The van der Waals surface area contributed by atoms with Gasteiger partial charge in [-0.2, -0.15) is 0 Å². The van der Waals surface area contributed by atoms with E-state index in [0.29, 0.717) is 0 Å². The Labute approximate surface area is 98.9 Å². The van der Waals surface area contributed by atoms with Crippen molar-refractivity contribution in [2.24, 2.45) is 5.41 Å². The maximum absolute atomic E-state index is 5.10. The number of furan rings is 1. The third kappa shape index (κ3) is 4.09. The average molecular weight is 218 g/mol. The topological polar surface area (TPSA) is 13.1 Å². The minimum atomic E-state index is 0.163. The van der Waals surface area contributed by atoms with Crippen LogP contribution in [0.5, 0.6) is 0 Å². The van der Waals surface area contributed by atoms with Crippen molar-refractivity contribution in [3.8, 4) is 0 Å². The van der Waals surface area contributed by atoms with Crippen LogP contribution >= 0.6 is 0 Å². The molecule has 0 bridgehead atoms. The Morgan fingerprint density at radius 1 is 1.50 bits per heavy atom. The molecule has 0 aromatic carbocycles. The lowest BCUT2D eigenvalue weighted by Gasteiger charge is -2.24. The second-order valence-corrected chi connectivity index (χ2v) is 4.99. The predicted octanol–water partition coefficient (Wildman–Crippen LogP) is 4.76. The molecule has 0 aliphatic carbocycles. The van der Waals surface area contributed by atoms with Crippen molar-refractivity contribution in [1.82, 2.24) is 0 Å². The zero-order chi connectivity index (χ0) is 12.0. The molecule has 0 radical (unpaired) electrons. The predicted molar refractivity (Wildman–Crippen MR) is 69.4 cm³/mol. The monoisotopic (exact) mass is 218 g/mol. The lowest BCUT2D eigenvalue weighted by Crippen LogP contribution is -2.15. The van der Waals surface area contributed by atoms with Crippen molar-refractivity contribution in [2.75, 3.05) is 0 Å². The van der Waals surface area contributed by atoms with Crippen LogP contribution in [0.2, 0.25) is 0 Å². The highest BCUT2D eigenvalue weighted by molar-refractivity contribution is 5.11. The van der Waals surface area contributed by atoms with Crippen molar-refractivity contribution in [3.05, 3.63) is 48.5 Å². The van der Waals surface area contributed by atoms with Crippen molar-refractivity contribution < 1.29 is 4.42 Å². The van der Waals surface area contributed by atoms with Gasteiger partial charge in [0.1, 0.15) is 0 Å². The summed E-state index contributed by atoms with van der Waals surface area (Å²) in [5, 5.41) is 0. The van der Waals surface area contributed by atoms with Gasteiger partial charge in [0, 0.05) is 0 Å². The number of rotatable bonds is 6. The molecule has 1 heterocycles. The van der Waals surface area contributed by atoms with E-state index in [1.165, 1.54) is 11.1 Å². The fourth-order valence-electron chi connectivity index (χ4n) is 1.81. The van der Waals surface area contributed by atoms with Gasteiger partial charge in [0.15, 0.2) is 0 Å². The maximum atomic E-state index is 5.10. The number of hydrogen-bond acceptors (Lipinski definition) is 1. The van der Waals surface area contributed by atoms with E-state index in [9.17, 15) is 0 Å². The lowest BCUT2D eigenvalue weighted by molar-refractivity contribution is 0.391. The minimum absolute atomic E-state index is 0.163. The summed E-state index contributed by atoms with van der Waals surface area (Å²) in [4.78, 5) is 0. The molecule has 1 aromatic heterocycles. The maximum Gasteiger partial charge on any atom is 0.0934 e. The number of allylic oxidation sites excluding steroid dienone is 3. The summed E-state index contributed by atoms with van der Waals surface area (Å²) < 4.78 is 5.10. The summed E-state index contributed by atoms with van der Waals surface area (Å²) in [5.41, 5.74) is 2.80. The van der Waals surface area contributed by atoms with Crippen LogP contribution in [-0.2, 0) is 6.42 Å². The third-order valence-corrected chi connectivity index (χ3v) is 2.95. The first-order valence-electron chi connectivity index (χ1n) is 5.84. The Morgan fingerprint density at radius 2 is 2.25 bits per heavy atom. The van der Waals surface area contributed by atoms with Crippen molar-refractivity contribution in [2.45, 2.75) is 40.0 Å². The first-order chi connectivity index (χ1) is 7.56. The standard InChI is InChI=1S/C15H22O/c1-5-15(4,9-6-7-13(2)3)11-14-8-10-16-12-14/h5,7-8,10,12H,1,6,9,11H2,2-4H3. The van der Waals surface area contributed by atoms with E-state index in [4.69, 9.17) is 4.42 Å². The van der Waals surface area contributed by atoms with Crippen LogP contribution in [0.3, 0.4) is 0 Å². The van der Waals surface area contributed by atoms with Gasteiger partial charge in [-0.3, -0.25) is 0 Å². The van der Waals surface area contributed by atoms with Gasteiger partial charge in [-0.1, -0.05) is 24.6 Å². The highest BCUT2D eigenvalue weighted by Crippen LogP contribution is 2.30. The second kappa shape index (κ2) is 5.74. The molecule has 0 saturated carbocycles. The number of hydrogen-bond donors (Lipinski definition) is 0. The minimum Gasteiger partial charge on any atom is -0.472 e. The smallest absolute Gasteiger partial charge is 0.0934 e. The van der Waals surface area contributed by atoms with Gasteiger partial charge in [-0.15, -0.1) is 6.58 Å². The summed E-state index contributed by atoms with van der Waals surface area (Å²) in [6, 6.07) is 2.03. The summed E-state index contributed by atoms with van der Waals surface area (Å²) in [6.45, 7) is 10.5. The fourth-order valence-corrected chi connectivity index (χ4v) is 1.81. The zero-order valence-electron chi connectivity index (χ0n) is 10.6. The van der Waals surface area contributed by atoms with Crippen LogP contribution in [0.4, 0.5) is 0 Å². The van der Waals surface area contributed by atoms with Crippen molar-refractivity contribution in [1.29, 1.82) is 0 Å². The molecule has 1 nitrogen and oxygen atoms in total. The van der Waals surface area contributed by atoms with Gasteiger partial charge in [0.05, 0.1) is 12.5 Å². The molecule has 1 rings (SSSR count). The van der Waals surface area contributed by atoms with Crippen molar-refractivity contribution >= 4 is 0 Å². The molecule has 0 fully saturated rings. The summed E-state index contributed by atoms with van der Waals surface area (Å²) in [7, 11) is 0. The SMILES string of the molecule is C=CC(C)(CCC=C(C)C)Cc1ccoc1. The largest absolute Gasteiger partial charge is 0.472 e. The Hall–Kier alpha value is -1.24. The highest BCUT2D eigenvalue weighted by Gasteiger charge is 2.20. The quantitative estimate of drug-likeness (QED) is 0.627. The van der Waals surface area contributed by atoms with E-state index in [0.717, 1.165) is 19.3 Å². The molecular formula is C15H22O. The van der Waals surface area contributed by atoms with Crippen LogP contribution in [-0.4, -0.2) is 0 Å². The highest BCUT2D eigenvalue weighted by atomic mass is 16.3. The first-order valence-corrected chi connectivity index (χ1v) is 5.84. The van der Waals surface area contributed by atoms with E-state index in [1.807, 2.05) is 12.3 Å². The van der Waals surface area contributed by atoms with E-state index in [-0.39, 0.29) is 5.41 Å². The molecule has 88 valence electrons. The molecule has 0 spiro atoms. The van der Waals surface area contributed by atoms with Crippen LogP contribution in [0.25, 0.3) is 0 Å². The van der Waals surface area contributed by atoms with E-state index >= 15 is 0 Å². The van der Waals surface area contributed by atoms with Crippen LogP contribution in [0, 0.1) is 5.41 Å². The molecule has 0 aliphatic heterocycles. The molecule has 1 aromatic rings. The Bertz CT molecular complexity index is 342. The van der Waals surface area contributed by atoms with E-state index in [2.05, 4.69) is 39.5 Å². The van der Waals surface area contributed by atoms with E-state index < -0.39 is 0 Å². The fraction of sp³-hybridized carbons (Fsp3) is 0.467. The Balaban J connectivity index is 2.56. The molecule has 0 N–H and O–H groups in total. The molecule has 0 saturated heterocycles. The van der Waals surface area contributed by atoms with Crippen molar-refractivity contribution in [3.63, 3.8) is 0 Å². The molecule has 0 amide bonds. The van der Waals surface area contributed by atoms with Gasteiger partial charge in [-0.25, -0.2) is 0 Å². The lowest BCUT2D eigenvalue weighted by atomic mass is 9.80. The van der Waals surface area contributed by atoms with Gasteiger partial charge >= 0.3 is 0 Å². The van der Waals surface area contributed by atoms with Gasteiger partial charge < -0.3 is 4.42 Å². The summed E-state index contributed by atoms with van der Waals surface area (Å²) >= 11 is 0. The summed E-state index contributed by atoms with van der Waals surface area (Å²) in [5.74, 6) is 0. The molecule has 16 heavy (non-hydrogen) atoms. The summed E-state index contributed by atoms with van der Waals surface area (Å²) in [6.07, 6.45) is 11.2. The Kier molecular flexibility index (Phi) is 4.60. The normalized spacial score (nSPS) is 14.2. The van der Waals surface area contributed by atoms with Crippen LogP contribution in [0.15, 0.2) is 47.3 Å². The van der Waals surface area contributed by atoms with Crippen LogP contribution in [0.1, 0.15) is 39.2 Å². The second-order valence-electron chi connectivity index (χ2n) is 4.99. The van der Waals surface area contributed by atoms with Gasteiger partial charge in [-0.05, 0) is 50.2 Å². The molecule has 1 heteroatoms.